The summed E-state index contributed by atoms with van der Waals surface area (Å²) in [6, 6.07) is 9.89. The summed E-state index contributed by atoms with van der Waals surface area (Å²) >= 11 is 8.16. The van der Waals surface area contributed by atoms with E-state index >= 15 is 0 Å². The van der Waals surface area contributed by atoms with Crippen molar-refractivity contribution in [2.24, 2.45) is 10.7 Å². The van der Waals surface area contributed by atoms with Crippen LogP contribution in [0.15, 0.2) is 52.3 Å². The first-order valence-electron chi connectivity index (χ1n) is 9.03. The van der Waals surface area contributed by atoms with E-state index in [1.807, 2.05) is 51.1 Å². The summed E-state index contributed by atoms with van der Waals surface area (Å²) in [5.74, 6) is 5.35. The van der Waals surface area contributed by atoms with Gasteiger partial charge in [0.1, 0.15) is 11.4 Å². The lowest BCUT2D eigenvalue weighted by Crippen LogP contribution is -2.54. The van der Waals surface area contributed by atoms with Gasteiger partial charge in [-0.05, 0) is 53.9 Å². The Morgan fingerprint density at radius 1 is 1.28 bits per heavy atom. The van der Waals surface area contributed by atoms with E-state index in [4.69, 9.17) is 26.7 Å². The van der Waals surface area contributed by atoms with Gasteiger partial charge < -0.3 is 10.2 Å². The molecule has 5 nitrogen and oxygen atoms in total. The average molecular weight is 448 g/mol. The van der Waals surface area contributed by atoms with Gasteiger partial charge in [0.15, 0.2) is 12.2 Å². The third-order valence-corrected chi connectivity index (χ3v) is 10.4. The van der Waals surface area contributed by atoms with Crippen molar-refractivity contribution in [1.29, 1.82) is 0 Å². The summed E-state index contributed by atoms with van der Waals surface area (Å²) in [6.07, 6.45) is 3.09. The molecule has 0 fully saturated rings. The fourth-order valence-electron chi connectivity index (χ4n) is 3.44. The van der Waals surface area contributed by atoms with Gasteiger partial charge in [0.05, 0.1) is 20.8 Å². The molecule has 29 heavy (non-hydrogen) atoms. The van der Waals surface area contributed by atoms with E-state index in [2.05, 4.69) is 10.9 Å². The van der Waals surface area contributed by atoms with Crippen LogP contribution in [-0.2, 0) is 15.1 Å². The first-order chi connectivity index (χ1) is 13.5. The molecule has 3 heterocycles. The Hall–Kier alpha value is -2.09. The minimum absolute atomic E-state index is 0.297. The van der Waals surface area contributed by atoms with Gasteiger partial charge in [-0.25, -0.2) is 4.98 Å². The maximum Gasteiger partial charge on any atom is 0.181 e. The normalized spacial score (nSPS) is 26.3. The molecule has 0 saturated carbocycles. The smallest absolute Gasteiger partial charge is 0.181 e. The molecule has 1 aliphatic heterocycles. The fourth-order valence-corrected chi connectivity index (χ4v) is 7.06. The van der Waals surface area contributed by atoms with Gasteiger partial charge in [-0.2, -0.15) is 0 Å². The lowest BCUT2D eigenvalue weighted by molar-refractivity contribution is 0.543. The monoisotopic (exact) mass is 447 g/mol. The molecule has 2 N–H and O–H groups in total. The molecule has 2 atom stereocenters. The van der Waals surface area contributed by atoms with Crippen LogP contribution in [-0.4, -0.2) is 31.4 Å². The second-order valence-corrected chi connectivity index (χ2v) is 12.4. The molecule has 0 saturated heterocycles. The lowest BCUT2D eigenvalue weighted by Gasteiger charge is -2.40. The molecular weight excluding hydrogens is 426 g/mol. The molecule has 1 unspecified atom stereocenters. The molecule has 0 radical (unpaired) electrons. The Morgan fingerprint density at radius 3 is 2.66 bits per heavy atom. The largest absolute Gasteiger partial charge is 0.444 e. The summed E-state index contributed by atoms with van der Waals surface area (Å²) in [5, 5.41) is 0.587. The molecule has 0 aliphatic carbocycles. The number of benzene rings is 1. The number of hydrogen-bond donors (Lipinski definition) is 1. The highest BCUT2D eigenvalue weighted by atomic mass is 35.5. The van der Waals surface area contributed by atoms with Crippen LogP contribution in [0.4, 0.5) is 0 Å². The van der Waals surface area contributed by atoms with Crippen molar-refractivity contribution in [3.63, 3.8) is 0 Å². The number of nitrogens with zero attached hydrogens (tertiary/aromatic N) is 2. The molecule has 8 heteroatoms. The van der Waals surface area contributed by atoms with Crippen molar-refractivity contribution < 1.29 is 8.63 Å². The number of thiophene rings is 1. The Labute approximate surface area is 179 Å². The fraction of sp³-hybridized carbons (Fsp3) is 0.286. The van der Waals surface area contributed by atoms with Crippen LogP contribution in [0.25, 0.3) is 21.8 Å². The maximum absolute atomic E-state index is 13.3. The van der Waals surface area contributed by atoms with Gasteiger partial charge in [-0.15, -0.1) is 11.3 Å². The van der Waals surface area contributed by atoms with Crippen molar-refractivity contribution in [3.8, 4) is 21.8 Å². The first kappa shape index (κ1) is 20.2. The molecular formula is C21H22ClN3O2S2. The predicted molar refractivity (Wildman–Crippen MR) is 123 cm³/mol. The van der Waals surface area contributed by atoms with Crippen LogP contribution >= 0.6 is 22.9 Å². The van der Waals surface area contributed by atoms with Gasteiger partial charge in [0, 0.05) is 16.2 Å². The number of hydrogen-bond acceptors (Lipinski definition) is 6. The van der Waals surface area contributed by atoms with Crippen molar-refractivity contribution in [1.82, 2.24) is 4.98 Å². The van der Waals surface area contributed by atoms with E-state index in [0.29, 0.717) is 22.4 Å². The highest BCUT2D eigenvalue weighted by Crippen LogP contribution is 2.46. The number of amidine groups is 1. The molecule has 0 amide bonds. The molecule has 4 rings (SSSR count). The summed E-state index contributed by atoms with van der Waals surface area (Å²) in [6.45, 7) is 5.58. The third-order valence-electron chi connectivity index (χ3n) is 5.47. The highest BCUT2D eigenvalue weighted by molar-refractivity contribution is 8.02. The van der Waals surface area contributed by atoms with E-state index in [-0.39, 0.29) is 0 Å². The zero-order chi connectivity index (χ0) is 21.0. The Morgan fingerprint density at radius 2 is 2.00 bits per heavy atom. The van der Waals surface area contributed by atoms with Crippen molar-refractivity contribution in [2.45, 2.75) is 31.1 Å². The summed E-state index contributed by atoms with van der Waals surface area (Å²) in [5.41, 5.74) is 7.38. The summed E-state index contributed by atoms with van der Waals surface area (Å²) in [4.78, 5) is 10.5. The van der Waals surface area contributed by atoms with E-state index in [9.17, 15) is 4.21 Å². The molecule has 3 aromatic rings. The van der Waals surface area contributed by atoms with E-state index in [1.54, 1.807) is 6.20 Å². The van der Waals surface area contributed by atoms with E-state index < -0.39 is 19.8 Å². The first-order valence-corrected chi connectivity index (χ1v) is 12.1. The quantitative estimate of drug-likeness (QED) is 0.584. The number of rotatable bonds is 3. The van der Waals surface area contributed by atoms with Crippen LogP contribution in [0.1, 0.15) is 25.6 Å². The molecule has 1 aliphatic rings. The molecule has 1 aromatic carbocycles. The molecule has 152 valence electrons. The SMILES string of the molecule is C=S1(=O)C[C@@](C)(c2sc(-c3cccc(-c4cnco4)c3)cc2Cl)N=C(N)C1(C)C. The number of oxazole rings is 1. The highest BCUT2D eigenvalue weighted by Gasteiger charge is 2.46. The van der Waals surface area contributed by atoms with Crippen molar-refractivity contribution in [2.75, 3.05) is 5.75 Å². The number of aromatic nitrogens is 1. The third kappa shape index (κ3) is 3.31. The lowest BCUT2D eigenvalue weighted by atomic mass is 10.0. The van der Waals surface area contributed by atoms with E-state index in [0.717, 1.165) is 20.9 Å². The Balaban J connectivity index is 1.78. The standard InChI is InChI=1S/C21H22ClN3O2S2/c1-20(2)19(23)25-21(3,11-29(20,4)26)18-15(22)9-17(28-18)14-7-5-6-13(8-14)16-10-24-12-27-16/h5-10,12H,4,11H2,1-3H3,(H2,23,25)/t21-,29?/m0/s1. The van der Waals surface area contributed by atoms with Crippen molar-refractivity contribution >= 4 is 44.2 Å². The number of halogens is 1. The van der Waals surface area contributed by atoms with Gasteiger partial charge in [-0.3, -0.25) is 9.20 Å². The molecule has 2 aromatic heterocycles. The average Bonchev–Trinajstić information content (AvgIpc) is 3.30. The minimum Gasteiger partial charge on any atom is -0.444 e. The van der Waals surface area contributed by atoms with Gasteiger partial charge in [0.2, 0.25) is 0 Å². The van der Waals surface area contributed by atoms with Crippen LogP contribution in [0, 0.1) is 0 Å². The molecule has 0 bridgehead atoms. The zero-order valence-corrected chi connectivity index (χ0v) is 18.8. The summed E-state index contributed by atoms with van der Waals surface area (Å²) < 4.78 is 18.0. The second-order valence-electron chi connectivity index (χ2n) is 7.97. The summed E-state index contributed by atoms with van der Waals surface area (Å²) in [7, 11) is -2.50. The number of nitrogens with two attached hydrogens (primary N) is 1. The maximum atomic E-state index is 13.3. The van der Waals surface area contributed by atoms with Crippen LogP contribution in [0.2, 0.25) is 5.02 Å². The Bertz CT molecular complexity index is 1210. The van der Waals surface area contributed by atoms with Crippen LogP contribution in [0.5, 0.6) is 0 Å². The van der Waals surface area contributed by atoms with Crippen LogP contribution < -0.4 is 5.73 Å². The van der Waals surface area contributed by atoms with Gasteiger partial charge >= 0.3 is 0 Å². The molecule has 0 spiro atoms. The van der Waals surface area contributed by atoms with Gasteiger partial charge in [0.25, 0.3) is 0 Å². The Kier molecular flexibility index (Phi) is 4.68. The van der Waals surface area contributed by atoms with Crippen LogP contribution in [0.3, 0.4) is 0 Å². The zero-order valence-electron chi connectivity index (χ0n) is 16.4. The number of aliphatic imine (C=N–C) groups is 1. The topological polar surface area (TPSA) is 81.5 Å². The van der Waals surface area contributed by atoms with Gasteiger partial charge in [-0.1, -0.05) is 29.8 Å². The second kappa shape index (κ2) is 6.72. The predicted octanol–water partition coefficient (Wildman–Crippen LogP) is 4.80. The van der Waals surface area contributed by atoms with Crippen molar-refractivity contribution in [3.05, 3.63) is 52.8 Å². The van der Waals surface area contributed by atoms with E-state index in [1.165, 1.54) is 17.7 Å². The minimum atomic E-state index is -2.50.